The fourth-order valence-corrected chi connectivity index (χ4v) is 5.12. The van der Waals surface area contributed by atoms with Crippen LogP contribution in [0.3, 0.4) is 0 Å². The van der Waals surface area contributed by atoms with Gasteiger partial charge in [0, 0.05) is 37.2 Å². The van der Waals surface area contributed by atoms with Crippen LogP contribution in [0.15, 0.2) is 47.5 Å². The number of morpholine rings is 1. The summed E-state index contributed by atoms with van der Waals surface area (Å²) in [7, 11) is 0. The minimum atomic E-state index is -0.440. The predicted molar refractivity (Wildman–Crippen MR) is 129 cm³/mol. The number of aromatic amines is 1. The molecule has 3 aromatic rings. The topological polar surface area (TPSA) is 106 Å². The summed E-state index contributed by atoms with van der Waals surface area (Å²) in [4.78, 5) is 34.7. The zero-order valence-electron chi connectivity index (χ0n) is 19.6. The highest BCUT2D eigenvalue weighted by Gasteiger charge is 2.27. The number of amides is 2. The van der Waals surface area contributed by atoms with Crippen molar-refractivity contribution in [3.05, 3.63) is 65.0 Å². The third-order valence-corrected chi connectivity index (χ3v) is 7.07. The largest absolute Gasteiger partial charge is 0.379 e. The molecule has 0 atom stereocenters. The van der Waals surface area contributed by atoms with Crippen molar-refractivity contribution in [2.75, 3.05) is 26.3 Å². The Hall–Kier alpha value is -3.30. The number of nitrogens with zero attached hydrogens (tertiary/aromatic N) is 3. The van der Waals surface area contributed by atoms with Gasteiger partial charge in [-0.2, -0.15) is 4.99 Å². The monoisotopic (exact) mass is 479 g/mol. The Labute approximate surface area is 202 Å². The van der Waals surface area contributed by atoms with E-state index in [2.05, 4.69) is 31.6 Å². The Morgan fingerprint density at radius 2 is 1.77 bits per heavy atom. The SMILES string of the molecule is NC(=O)[C@H]1CC[C@@H](n2/c(=N/C(=O)c3ccc(F)cc3)[nH]c3ccc(CN4CCOCC4)cc32)CC1. The number of halogens is 1. The van der Waals surface area contributed by atoms with Crippen LogP contribution in [-0.4, -0.2) is 52.6 Å². The fourth-order valence-electron chi connectivity index (χ4n) is 5.12. The standard InChI is InChI=1S/C26H30FN5O3/c27-20-6-2-19(3-7-20)25(34)30-26-29-22-10-1-17(16-31-11-13-35-14-12-31)15-23(22)32(26)21-8-4-18(5-9-21)24(28)33/h1-3,6-7,10,15,18,21H,4-5,8-9,11-14,16H2,(H2,28,33)(H,29,30,34)/t18-,21+. The molecule has 2 heterocycles. The number of fused-ring (bicyclic) bond motifs is 1. The molecule has 2 aromatic carbocycles. The first-order valence-electron chi connectivity index (χ1n) is 12.1. The molecule has 1 saturated carbocycles. The van der Waals surface area contributed by atoms with Gasteiger partial charge < -0.3 is 20.0 Å². The summed E-state index contributed by atoms with van der Waals surface area (Å²) >= 11 is 0. The van der Waals surface area contributed by atoms with Crippen molar-refractivity contribution in [3.8, 4) is 0 Å². The molecule has 3 N–H and O–H groups in total. The van der Waals surface area contributed by atoms with Gasteiger partial charge in [0.2, 0.25) is 11.5 Å². The molecule has 1 aromatic heterocycles. The zero-order chi connectivity index (χ0) is 24.4. The second kappa shape index (κ2) is 10.1. The number of nitrogens with two attached hydrogens (primary N) is 1. The highest BCUT2D eigenvalue weighted by molar-refractivity contribution is 5.94. The van der Waals surface area contributed by atoms with Crippen molar-refractivity contribution in [1.29, 1.82) is 0 Å². The van der Waals surface area contributed by atoms with Crippen LogP contribution in [0.2, 0.25) is 0 Å². The van der Waals surface area contributed by atoms with Gasteiger partial charge in [0.1, 0.15) is 5.82 Å². The Morgan fingerprint density at radius 3 is 2.46 bits per heavy atom. The van der Waals surface area contributed by atoms with Crippen LogP contribution in [0.1, 0.15) is 47.6 Å². The quantitative estimate of drug-likeness (QED) is 0.587. The van der Waals surface area contributed by atoms with E-state index < -0.39 is 11.7 Å². The maximum atomic E-state index is 13.3. The lowest BCUT2D eigenvalue weighted by Crippen LogP contribution is -2.35. The number of hydrogen-bond acceptors (Lipinski definition) is 4. The second-order valence-corrected chi connectivity index (χ2v) is 9.39. The molecule has 35 heavy (non-hydrogen) atoms. The van der Waals surface area contributed by atoms with Gasteiger partial charge in [0.15, 0.2) is 0 Å². The first-order chi connectivity index (χ1) is 17.0. The van der Waals surface area contributed by atoms with Gasteiger partial charge in [0.05, 0.1) is 24.2 Å². The molecule has 8 nitrogen and oxygen atoms in total. The smallest absolute Gasteiger partial charge is 0.280 e. The lowest BCUT2D eigenvalue weighted by Gasteiger charge is -2.28. The molecule has 2 aliphatic rings. The van der Waals surface area contributed by atoms with Crippen molar-refractivity contribution in [2.24, 2.45) is 16.6 Å². The Bertz CT molecular complexity index is 1280. The van der Waals surface area contributed by atoms with Crippen LogP contribution in [0.25, 0.3) is 11.0 Å². The summed E-state index contributed by atoms with van der Waals surface area (Å²) in [5.74, 6) is -1.21. The van der Waals surface area contributed by atoms with E-state index in [1.54, 1.807) is 0 Å². The van der Waals surface area contributed by atoms with E-state index in [9.17, 15) is 14.0 Å². The van der Waals surface area contributed by atoms with Crippen molar-refractivity contribution in [3.63, 3.8) is 0 Å². The number of primary amides is 1. The predicted octanol–water partition coefficient (Wildman–Crippen LogP) is 2.90. The molecule has 5 rings (SSSR count). The van der Waals surface area contributed by atoms with Gasteiger partial charge in [-0.25, -0.2) is 4.39 Å². The van der Waals surface area contributed by atoms with Gasteiger partial charge in [-0.05, 0) is 67.6 Å². The van der Waals surface area contributed by atoms with E-state index in [0.717, 1.165) is 56.7 Å². The van der Waals surface area contributed by atoms with Crippen molar-refractivity contribution >= 4 is 22.8 Å². The summed E-state index contributed by atoms with van der Waals surface area (Å²) in [5.41, 5.74) is 9.36. The molecule has 0 radical (unpaired) electrons. The lowest BCUT2D eigenvalue weighted by atomic mass is 9.85. The van der Waals surface area contributed by atoms with Crippen molar-refractivity contribution < 1.29 is 18.7 Å². The van der Waals surface area contributed by atoms with Gasteiger partial charge in [-0.1, -0.05) is 6.07 Å². The molecule has 1 aliphatic carbocycles. The van der Waals surface area contributed by atoms with Gasteiger partial charge >= 0.3 is 0 Å². The number of aromatic nitrogens is 2. The number of carbonyl (C=O) groups excluding carboxylic acids is 2. The summed E-state index contributed by atoms with van der Waals surface area (Å²) < 4.78 is 20.9. The van der Waals surface area contributed by atoms with E-state index in [4.69, 9.17) is 10.5 Å². The second-order valence-electron chi connectivity index (χ2n) is 9.39. The number of ether oxygens (including phenoxy) is 1. The number of imidazole rings is 1. The molecule has 1 saturated heterocycles. The maximum Gasteiger partial charge on any atom is 0.280 e. The number of carbonyl (C=O) groups is 2. The molecule has 0 bridgehead atoms. The minimum Gasteiger partial charge on any atom is -0.379 e. The third-order valence-electron chi connectivity index (χ3n) is 7.07. The summed E-state index contributed by atoms with van der Waals surface area (Å²) in [6.45, 7) is 4.10. The number of H-pyrrole nitrogens is 1. The molecular weight excluding hydrogens is 449 g/mol. The lowest BCUT2D eigenvalue weighted by molar-refractivity contribution is -0.122. The number of benzene rings is 2. The van der Waals surface area contributed by atoms with Crippen LogP contribution >= 0.6 is 0 Å². The Kier molecular flexibility index (Phi) is 6.79. The van der Waals surface area contributed by atoms with E-state index in [-0.39, 0.29) is 17.9 Å². The average molecular weight is 480 g/mol. The van der Waals surface area contributed by atoms with Gasteiger partial charge in [0.25, 0.3) is 5.91 Å². The van der Waals surface area contributed by atoms with Crippen LogP contribution in [-0.2, 0) is 16.1 Å². The summed E-state index contributed by atoms with van der Waals surface area (Å²) in [6, 6.07) is 11.7. The van der Waals surface area contributed by atoms with Gasteiger partial charge in [-0.3, -0.25) is 14.5 Å². The van der Waals surface area contributed by atoms with Crippen molar-refractivity contribution in [1.82, 2.24) is 14.5 Å². The first-order valence-corrected chi connectivity index (χ1v) is 12.1. The summed E-state index contributed by atoms with van der Waals surface area (Å²) in [6.07, 6.45) is 2.95. The molecular formula is C26H30FN5O3. The third kappa shape index (κ3) is 5.21. The highest BCUT2D eigenvalue weighted by atomic mass is 19.1. The minimum absolute atomic E-state index is 0.0813. The molecule has 2 amide bonds. The number of rotatable bonds is 5. The van der Waals surface area contributed by atoms with E-state index in [1.165, 1.54) is 29.8 Å². The number of nitrogens with one attached hydrogen (secondary N) is 1. The maximum absolute atomic E-state index is 13.3. The average Bonchev–Trinajstić information content (AvgIpc) is 3.22. The summed E-state index contributed by atoms with van der Waals surface area (Å²) in [5, 5.41) is 0. The molecule has 9 heteroatoms. The fraction of sp³-hybridized carbons (Fsp3) is 0.423. The molecule has 0 unspecified atom stereocenters. The van der Waals surface area contributed by atoms with Crippen LogP contribution in [0.5, 0.6) is 0 Å². The van der Waals surface area contributed by atoms with E-state index >= 15 is 0 Å². The van der Waals surface area contributed by atoms with Crippen LogP contribution < -0.4 is 11.4 Å². The van der Waals surface area contributed by atoms with E-state index in [0.29, 0.717) is 24.0 Å². The Morgan fingerprint density at radius 1 is 1.06 bits per heavy atom. The highest BCUT2D eigenvalue weighted by Crippen LogP contribution is 2.33. The van der Waals surface area contributed by atoms with Crippen LogP contribution in [0.4, 0.5) is 4.39 Å². The van der Waals surface area contributed by atoms with Crippen molar-refractivity contribution in [2.45, 2.75) is 38.3 Å². The normalized spacial score (nSPS) is 21.9. The molecule has 2 fully saturated rings. The van der Waals surface area contributed by atoms with Gasteiger partial charge in [-0.15, -0.1) is 0 Å². The number of hydrogen-bond donors (Lipinski definition) is 2. The van der Waals surface area contributed by atoms with Crippen LogP contribution in [0, 0.1) is 11.7 Å². The molecule has 184 valence electrons. The zero-order valence-corrected chi connectivity index (χ0v) is 19.6. The molecule has 1 aliphatic heterocycles. The molecule has 0 spiro atoms. The van der Waals surface area contributed by atoms with E-state index in [1.807, 2.05) is 6.07 Å². The Balaban J connectivity index is 1.53. The first kappa shape index (κ1) is 23.4.